The van der Waals surface area contributed by atoms with E-state index in [2.05, 4.69) is 10.6 Å². The zero-order chi connectivity index (χ0) is 14.5. The Morgan fingerprint density at radius 1 is 1.40 bits per heavy atom. The van der Waals surface area contributed by atoms with Gasteiger partial charge in [-0.1, -0.05) is 6.92 Å². The first kappa shape index (κ1) is 14.4. The predicted molar refractivity (Wildman–Crippen MR) is 78.9 cm³/mol. The summed E-state index contributed by atoms with van der Waals surface area (Å²) in [5.74, 6) is -0.222. The Hall–Kier alpha value is -2.04. The van der Waals surface area contributed by atoms with Crippen molar-refractivity contribution >= 4 is 17.5 Å². The predicted octanol–water partition coefficient (Wildman–Crippen LogP) is 1.25. The number of anilines is 1. The molecule has 1 aromatic carbocycles. The SMILES string of the molecule is CCCN(CC(=O)NC)C(=O)c1ccc2c(c1)CCN2. The van der Waals surface area contributed by atoms with Gasteiger partial charge in [-0.25, -0.2) is 0 Å². The molecule has 1 aliphatic heterocycles. The molecule has 20 heavy (non-hydrogen) atoms. The van der Waals surface area contributed by atoms with Crippen molar-refractivity contribution in [3.8, 4) is 0 Å². The summed E-state index contributed by atoms with van der Waals surface area (Å²) in [6.07, 6.45) is 1.77. The Labute approximate surface area is 119 Å². The third-order valence-corrected chi connectivity index (χ3v) is 3.46. The number of nitrogens with zero attached hydrogens (tertiary/aromatic N) is 1. The normalized spacial score (nSPS) is 12.5. The van der Waals surface area contributed by atoms with E-state index in [1.165, 1.54) is 5.56 Å². The van der Waals surface area contributed by atoms with Gasteiger partial charge in [0.2, 0.25) is 5.91 Å². The molecule has 0 unspecified atom stereocenters. The Morgan fingerprint density at radius 2 is 2.20 bits per heavy atom. The van der Waals surface area contributed by atoms with Gasteiger partial charge in [-0.15, -0.1) is 0 Å². The van der Waals surface area contributed by atoms with Crippen molar-refractivity contribution in [1.29, 1.82) is 0 Å². The van der Waals surface area contributed by atoms with Crippen LogP contribution in [0.4, 0.5) is 5.69 Å². The van der Waals surface area contributed by atoms with E-state index < -0.39 is 0 Å². The van der Waals surface area contributed by atoms with Gasteiger partial charge in [-0.3, -0.25) is 9.59 Å². The van der Waals surface area contributed by atoms with Crippen LogP contribution in [-0.4, -0.2) is 43.4 Å². The number of hydrogen-bond donors (Lipinski definition) is 2. The van der Waals surface area contributed by atoms with Crippen LogP contribution < -0.4 is 10.6 Å². The van der Waals surface area contributed by atoms with Crippen molar-refractivity contribution in [3.05, 3.63) is 29.3 Å². The second kappa shape index (κ2) is 6.41. The maximum atomic E-state index is 12.5. The van der Waals surface area contributed by atoms with Crippen molar-refractivity contribution in [2.45, 2.75) is 19.8 Å². The molecule has 2 rings (SSSR count). The molecule has 1 aliphatic rings. The van der Waals surface area contributed by atoms with E-state index in [0.717, 1.165) is 25.1 Å². The lowest BCUT2D eigenvalue weighted by Crippen LogP contribution is -2.40. The van der Waals surface area contributed by atoms with E-state index in [1.54, 1.807) is 11.9 Å². The number of carbonyl (C=O) groups excluding carboxylic acids is 2. The van der Waals surface area contributed by atoms with Crippen molar-refractivity contribution in [2.75, 3.05) is 32.0 Å². The van der Waals surface area contributed by atoms with E-state index in [0.29, 0.717) is 12.1 Å². The summed E-state index contributed by atoms with van der Waals surface area (Å²) in [6.45, 7) is 3.61. The molecule has 5 heteroatoms. The highest BCUT2D eigenvalue weighted by Crippen LogP contribution is 2.23. The number of fused-ring (bicyclic) bond motifs is 1. The zero-order valence-electron chi connectivity index (χ0n) is 12.0. The molecular formula is C15H21N3O2. The highest BCUT2D eigenvalue weighted by atomic mass is 16.2. The molecule has 2 N–H and O–H groups in total. The van der Waals surface area contributed by atoms with Gasteiger partial charge in [0.15, 0.2) is 0 Å². The lowest BCUT2D eigenvalue weighted by atomic mass is 10.1. The fraction of sp³-hybridized carbons (Fsp3) is 0.467. The summed E-state index contributed by atoms with van der Waals surface area (Å²) >= 11 is 0. The molecule has 0 radical (unpaired) electrons. The summed E-state index contributed by atoms with van der Waals surface area (Å²) < 4.78 is 0. The molecule has 0 aliphatic carbocycles. The molecule has 2 amide bonds. The number of rotatable bonds is 5. The summed E-state index contributed by atoms with van der Waals surface area (Å²) in [7, 11) is 1.58. The first-order valence-electron chi connectivity index (χ1n) is 7.02. The average Bonchev–Trinajstić information content (AvgIpc) is 2.93. The lowest BCUT2D eigenvalue weighted by molar-refractivity contribution is -0.121. The molecule has 0 saturated heterocycles. The van der Waals surface area contributed by atoms with E-state index in [1.807, 2.05) is 25.1 Å². The first-order valence-corrected chi connectivity index (χ1v) is 7.02. The van der Waals surface area contributed by atoms with Crippen LogP contribution in [0.15, 0.2) is 18.2 Å². The van der Waals surface area contributed by atoms with Gasteiger partial charge in [0, 0.05) is 31.4 Å². The second-order valence-electron chi connectivity index (χ2n) is 4.95. The fourth-order valence-corrected chi connectivity index (χ4v) is 2.40. The van der Waals surface area contributed by atoms with Gasteiger partial charge in [-0.05, 0) is 36.6 Å². The summed E-state index contributed by atoms with van der Waals surface area (Å²) in [6, 6.07) is 5.70. The Balaban J connectivity index is 2.16. The van der Waals surface area contributed by atoms with Gasteiger partial charge in [0.1, 0.15) is 0 Å². The van der Waals surface area contributed by atoms with Crippen molar-refractivity contribution in [3.63, 3.8) is 0 Å². The van der Waals surface area contributed by atoms with Crippen LogP contribution >= 0.6 is 0 Å². The number of hydrogen-bond acceptors (Lipinski definition) is 3. The van der Waals surface area contributed by atoms with Crippen LogP contribution in [0.2, 0.25) is 0 Å². The van der Waals surface area contributed by atoms with Gasteiger partial charge in [0.05, 0.1) is 6.54 Å². The maximum Gasteiger partial charge on any atom is 0.254 e. The van der Waals surface area contributed by atoms with Gasteiger partial charge < -0.3 is 15.5 Å². The molecule has 1 heterocycles. The van der Waals surface area contributed by atoms with E-state index in [4.69, 9.17) is 0 Å². The molecule has 0 spiro atoms. The molecule has 108 valence electrons. The molecule has 5 nitrogen and oxygen atoms in total. The van der Waals surface area contributed by atoms with Gasteiger partial charge in [0.25, 0.3) is 5.91 Å². The molecule has 0 fully saturated rings. The summed E-state index contributed by atoms with van der Waals surface area (Å²) in [4.78, 5) is 25.6. The zero-order valence-corrected chi connectivity index (χ0v) is 12.0. The molecule has 0 bridgehead atoms. The van der Waals surface area contributed by atoms with E-state index in [9.17, 15) is 9.59 Å². The van der Waals surface area contributed by atoms with Crippen molar-refractivity contribution in [1.82, 2.24) is 10.2 Å². The topological polar surface area (TPSA) is 61.4 Å². The third-order valence-electron chi connectivity index (χ3n) is 3.46. The smallest absolute Gasteiger partial charge is 0.254 e. The minimum atomic E-state index is -0.144. The monoisotopic (exact) mass is 275 g/mol. The number of likely N-dealkylation sites (N-methyl/N-ethyl adjacent to an activating group) is 1. The van der Waals surface area contributed by atoms with E-state index >= 15 is 0 Å². The quantitative estimate of drug-likeness (QED) is 0.850. The van der Waals surface area contributed by atoms with Crippen molar-refractivity contribution in [2.24, 2.45) is 0 Å². The minimum absolute atomic E-state index is 0.0786. The lowest BCUT2D eigenvalue weighted by Gasteiger charge is -2.21. The highest BCUT2D eigenvalue weighted by molar-refractivity contribution is 5.97. The second-order valence-corrected chi connectivity index (χ2v) is 4.95. The van der Waals surface area contributed by atoms with Crippen LogP contribution in [-0.2, 0) is 11.2 Å². The molecular weight excluding hydrogens is 254 g/mol. The fourth-order valence-electron chi connectivity index (χ4n) is 2.40. The largest absolute Gasteiger partial charge is 0.384 e. The van der Waals surface area contributed by atoms with Gasteiger partial charge in [-0.2, -0.15) is 0 Å². The first-order chi connectivity index (χ1) is 9.65. The third kappa shape index (κ3) is 3.10. The molecule has 0 aromatic heterocycles. The number of nitrogens with one attached hydrogen (secondary N) is 2. The standard InChI is InChI=1S/C15H21N3O2/c1-3-8-18(10-14(19)16-2)15(20)12-4-5-13-11(9-12)6-7-17-13/h4-5,9,17H,3,6-8,10H2,1-2H3,(H,16,19). The van der Waals surface area contributed by atoms with Crippen LogP contribution in [0.5, 0.6) is 0 Å². The summed E-state index contributed by atoms with van der Waals surface area (Å²) in [5.41, 5.74) is 2.94. The van der Waals surface area contributed by atoms with Gasteiger partial charge >= 0.3 is 0 Å². The summed E-state index contributed by atoms with van der Waals surface area (Å²) in [5, 5.41) is 5.83. The van der Waals surface area contributed by atoms with Crippen LogP contribution in [0, 0.1) is 0 Å². The molecule has 0 saturated carbocycles. The molecule has 0 atom stereocenters. The van der Waals surface area contributed by atoms with Crippen LogP contribution in [0.25, 0.3) is 0 Å². The molecule has 1 aromatic rings. The van der Waals surface area contributed by atoms with Crippen LogP contribution in [0.1, 0.15) is 29.3 Å². The minimum Gasteiger partial charge on any atom is -0.384 e. The number of amides is 2. The average molecular weight is 275 g/mol. The number of benzene rings is 1. The Bertz CT molecular complexity index is 514. The maximum absolute atomic E-state index is 12.5. The number of carbonyl (C=O) groups is 2. The van der Waals surface area contributed by atoms with Crippen LogP contribution in [0.3, 0.4) is 0 Å². The highest BCUT2D eigenvalue weighted by Gasteiger charge is 2.19. The Kier molecular flexibility index (Phi) is 4.61. The van der Waals surface area contributed by atoms with E-state index in [-0.39, 0.29) is 18.4 Å². The Morgan fingerprint density at radius 3 is 2.90 bits per heavy atom. The van der Waals surface area contributed by atoms with Crippen molar-refractivity contribution < 1.29 is 9.59 Å².